The number of anilines is 2. The third kappa shape index (κ3) is 3.14. The Balaban J connectivity index is 2.43. The maximum Gasteiger partial charge on any atom is 0.262 e. The zero-order chi connectivity index (χ0) is 14.9. The van der Waals surface area contributed by atoms with Crippen LogP contribution in [0.4, 0.5) is 11.4 Å². The van der Waals surface area contributed by atoms with E-state index in [0.717, 1.165) is 6.33 Å². The molecule has 0 spiro atoms. The van der Waals surface area contributed by atoms with Crippen molar-refractivity contribution in [1.82, 2.24) is 9.97 Å². The Labute approximate surface area is 133 Å². The van der Waals surface area contributed by atoms with Crippen molar-refractivity contribution in [2.24, 2.45) is 0 Å². The lowest BCUT2D eigenvalue weighted by atomic mass is 10.3. The summed E-state index contributed by atoms with van der Waals surface area (Å²) in [5.41, 5.74) is 5.95. The van der Waals surface area contributed by atoms with Crippen LogP contribution < -0.4 is 10.5 Å². The highest BCUT2D eigenvalue weighted by Crippen LogP contribution is 2.29. The van der Waals surface area contributed by atoms with Crippen molar-refractivity contribution >= 4 is 60.5 Å². The zero-order valence-corrected chi connectivity index (χ0v) is 13.6. The van der Waals surface area contributed by atoms with Crippen molar-refractivity contribution in [3.05, 3.63) is 39.3 Å². The van der Waals surface area contributed by atoms with Crippen LogP contribution >= 0.6 is 39.1 Å². The fourth-order valence-corrected chi connectivity index (χ4v) is 3.45. The molecule has 0 saturated carbocycles. The van der Waals surface area contributed by atoms with Crippen LogP contribution in [0.15, 0.2) is 33.9 Å². The van der Waals surface area contributed by atoms with E-state index in [1.807, 2.05) is 0 Å². The van der Waals surface area contributed by atoms with Gasteiger partial charge in [-0.05, 0) is 34.1 Å². The number of hydrogen-bond donors (Lipinski definition) is 2. The van der Waals surface area contributed by atoms with Gasteiger partial charge in [0.05, 0.1) is 4.90 Å². The molecule has 0 saturated heterocycles. The van der Waals surface area contributed by atoms with Gasteiger partial charge >= 0.3 is 0 Å². The van der Waals surface area contributed by atoms with Gasteiger partial charge in [0.1, 0.15) is 12.0 Å². The maximum absolute atomic E-state index is 12.2. The van der Waals surface area contributed by atoms with E-state index in [1.54, 1.807) is 0 Å². The van der Waals surface area contributed by atoms with Crippen LogP contribution in [0.3, 0.4) is 0 Å². The van der Waals surface area contributed by atoms with Gasteiger partial charge < -0.3 is 5.73 Å². The van der Waals surface area contributed by atoms with Gasteiger partial charge in [0.2, 0.25) is 0 Å². The van der Waals surface area contributed by atoms with Gasteiger partial charge in [0.25, 0.3) is 10.0 Å². The van der Waals surface area contributed by atoms with Gasteiger partial charge in [-0.3, -0.25) is 4.72 Å². The lowest BCUT2D eigenvalue weighted by Crippen LogP contribution is -2.14. The standard InChI is InChI=1S/C10H7BrCl2N4O2S/c11-6-3-5(1-2-7(6)14)20(18,19)17-8-9(12)15-4-16-10(8)13/h1-4,17H,14H2. The minimum atomic E-state index is -3.88. The third-order valence-electron chi connectivity index (χ3n) is 2.27. The Bertz CT molecular complexity index is 750. The molecule has 1 aromatic carbocycles. The van der Waals surface area contributed by atoms with Gasteiger partial charge in [0, 0.05) is 10.2 Å². The molecule has 0 amide bonds. The predicted octanol–water partition coefficient (Wildman–Crippen LogP) is 2.93. The van der Waals surface area contributed by atoms with Gasteiger partial charge in [-0.2, -0.15) is 0 Å². The molecular weight excluding hydrogens is 391 g/mol. The normalized spacial score (nSPS) is 11.3. The molecule has 1 aromatic heterocycles. The molecule has 2 rings (SSSR count). The van der Waals surface area contributed by atoms with Gasteiger partial charge in [-0.25, -0.2) is 18.4 Å². The van der Waals surface area contributed by atoms with E-state index in [-0.39, 0.29) is 20.9 Å². The number of sulfonamides is 1. The highest BCUT2D eigenvalue weighted by molar-refractivity contribution is 9.10. The molecule has 2 aromatic rings. The number of nitrogens with one attached hydrogen (secondary N) is 1. The van der Waals surface area contributed by atoms with E-state index in [9.17, 15) is 8.42 Å². The summed E-state index contributed by atoms with van der Waals surface area (Å²) < 4.78 is 27.1. The monoisotopic (exact) mass is 396 g/mol. The minimum Gasteiger partial charge on any atom is -0.398 e. The summed E-state index contributed by atoms with van der Waals surface area (Å²) in [6, 6.07) is 4.18. The second kappa shape index (κ2) is 5.72. The lowest BCUT2D eigenvalue weighted by molar-refractivity contribution is 0.601. The Kier molecular flexibility index (Phi) is 4.38. The summed E-state index contributed by atoms with van der Waals surface area (Å²) in [6.45, 7) is 0. The molecule has 0 aliphatic heterocycles. The van der Waals surface area contributed by atoms with Crippen LogP contribution in [0.5, 0.6) is 0 Å². The number of halogens is 3. The van der Waals surface area contributed by atoms with Crippen molar-refractivity contribution in [3.8, 4) is 0 Å². The number of rotatable bonds is 3. The summed E-state index contributed by atoms with van der Waals surface area (Å²) in [4.78, 5) is 7.32. The molecule has 0 unspecified atom stereocenters. The van der Waals surface area contributed by atoms with Crippen molar-refractivity contribution in [1.29, 1.82) is 0 Å². The summed E-state index contributed by atoms with van der Waals surface area (Å²) in [6.07, 6.45) is 1.13. The molecule has 10 heteroatoms. The topological polar surface area (TPSA) is 98.0 Å². The van der Waals surface area contributed by atoms with Crippen LogP contribution in [-0.4, -0.2) is 18.4 Å². The zero-order valence-electron chi connectivity index (χ0n) is 9.64. The smallest absolute Gasteiger partial charge is 0.262 e. The number of nitrogens with zero attached hydrogens (tertiary/aromatic N) is 2. The van der Waals surface area contributed by atoms with Crippen molar-refractivity contribution in [2.45, 2.75) is 4.90 Å². The van der Waals surface area contributed by atoms with Crippen LogP contribution in [0.2, 0.25) is 10.3 Å². The molecule has 0 bridgehead atoms. The second-order valence-corrected chi connectivity index (χ2v) is 6.87. The summed E-state index contributed by atoms with van der Waals surface area (Å²) in [7, 11) is -3.88. The Morgan fingerprint density at radius 3 is 2.35 bits per heavy atom. The first-order chi connectivity index (χ1) is 9.31. The average Bonchev–Trinajstić information content (AvgIpc) is 2.37. The van der Waals surface area contributed by atoms with Crippen molar-refractivity contribution < 1.29 is 8.42 Å². The molecular formula is C10H7BrCl2N4O2S. The molecule has 3 N–H and O–H groups in total. The second-order valence-electron chi connectivity index (χ2n) is 3.62. The van der Waals surface area contributed by atoms with E-state index in [0.29, 0.717) is 10.2 Å². The van der Waals surface area contributed by atoms with Gasteiger partial charge in [-0.15, -0.1) is 0 Å². The number of aromatic nitrogens is 2. The molecule has 1 heterocycles. The van der Waals surface area contributed by atoms with Crippen LogP contribution in [0.25, 0.3) is 0 Å². The van der Waals surface area contributed by atoms with Crippen LogP contribution in [0, 0.1) is 0 Å². The van der Waals surface area contributed by atoms with Gasteiger partial charge in [0.15, 0.2) is 10.3 Å². The number of benzene rings is 1. The molecule has 0 aliphatic carbocycles. The van der Waals surface area contributed by atoms with E-state index >= 15 is 0 Å². The van der Waals surface area contributed by atoms with Crippen molar-refractivity contribution in [3.63, 3.8) is 0 Å². The first-order valence-electron chi connectivity index (χ1n) is 5.05. The molecule has 6 nitrogen and oxygen atoms in total. The summed E-state index contributed by atoms with van der Waals surface area (Å²) >= 11 is 14.7. The molecule has 0 fully saturated rings. The molecule has 20 heavy (non-hydrogen) atoms. The van der Waals surface area contributed by atoms with E-state index in [1.165, 1.54) is 18.2 Å². The highest BCUT2D eigenvalue weighted by atomic mass is 79.9. The minimum absolute atomic E-state index is 0.00504. The average molecular weight is 398 g/mol. The summed E-state index contributed by atoms with van der Waals surface area (Å²) in [5.74, 6) is 0. The van der Waals surface area contributed by atoms with Gasteiger partial charge in [-0.1, -0.05) is 23.2 Å². The largest absolute Gasteiger partial charge is 0.398 e. The fraction of sp³-hybridized carbons (Fsp3) is 0. The predicted molar refractivity (Wildman–Crippen MR) is 81.4 cm³/mol. The molecule has 0 radical (unpaired) electrons. The Hall–Kier alpha value is -1.09. The Morgan fingerprint density at radius 1 is 1.20 bits per heavy atom. The molecule has 106 valence electrons. The quantitative estimate of drug-likeness (QED) is 0.612. The fourth-order valence-electron chi connectivity index (χ4n) is 1.30. The van der Waals surface area contributed by atoms with E-state index < -0.39 is 10.0 Å². The first kappa shape index (κ1) is 15.3. The Morgan fingerprint density at radius 2 is 1.80 bits per heavy atom. The molecule has 0 aliphatic rings. The highest BCUT2D eigenvalue weighted by Gasteiger charge is 2.19. The van der Waals surface area contributed by atoms with E-state index in [4.69, 9.17) is 28.9 Å². The van der Waals surface area contributed by atoms with Crippen molar-refractivity contribution in [2.75, 3.05) is 10.5 Å². The van der Waals surface area contributed by atoms with Crippen LogP contribution in [0.1, 0.15) is 0 Å². The maximum atomic E-state index is 12.2. The number of nitrogens with two attached hydrogens (primary N) is 1. The third-order valence-corrected chi connectivity index (χ3v) is 4.88. The number of hydrogen-bond acceptors (Lipinski definition) is 5. The summed E-state index contributed by atoms with van der Waals surface area (Å²) in [5, 5.41) is -0.189. The first-order valence-corrected chi connectivity index (χ1v) is 8.08. The SMILES string of the molecule is Nc1ccc(S(=O)(=O)Nc2c(Cl)ncnc2Cl)cc1Br. The molecule has 0 atom stereocenters. The van der Waals surface area contributed by atoms with E-state index in [2.05, 4.69) is 30.6 Å². The number of nitrogen functional groups attached to an aromatic ring is 1. The lowest BCUT2D eigenvalue weighted by Gasteiger charge is -2.10. The van der Waals surface area contributed by atoms with Crippen LogP contribution in [-0.2, 0) is 10.0 Å².